The van der Waals surface area contributed by atoms with Gasteiger partial charge in [0.15, 0.2) is 0 Å². The van der Waals surface area contributed by atoms with Gasteiger partial charge in [-0.2, -0.15) is 0 Å². The molecular weight excluding hydrogens is 338 g/mol. The van der Waals surface area contributed by atoms with Crippen LogP contribution in [-0.4, -0.2) is 38.3 Å². The predicted octanol–water partition coefficient (Wildman–Crippen LogP) is 3.69. The van der Waals surface area contributed by atoms with Crippen LogP contribution in [0.25, 0.3) is 0 Å². The van der Waals surface area contributed by atoms with Gasteiger partial charge < -0.3 is 10.2 Å². The number of aromatic nitrogens is 3. The average Bonchev–Trinajstić information content (AvgIpc) is 2.54. The van der Waals surface area contributed by atoms with Crippen molar-refractivity contribution in [2.45, 2.75) is 45.6 Å². The van der Waals surface area contributed by atoms with Crippen molar-refractivity contribution in [1.82, 2.24) is 19.9 Å². The Morgan fingerprint density at radius 2 is 2.12 bits per heavy atom. The minimum atomic E-state index is 0.0878. The summed E-state index contributed by atoms with van der Waals surface area (Å²) in [7, 11) is 0. The van der Waals surface area contributed by atoms with Crippen LogP contribution >= 0.6 is 11.6 Å². The standard InChI is InChI=1S/C18H22ClN5O/c1-11-8-15(6-7-20-11)21-17-9-16(19)22-18(23-17)14-5-4-12(2)24(10-14)13(3)25/h6-9,12,14H,4-5,10H2,1-3H3,(H,20,21,22,23). The summed E-state index contributed by atoms with van der Waals surface area (Å²) in [6, 6.07) is 5.78. The quantitative estimate of drug-likeness (QED) is 0.846. The first-order valence-corrected chi connectivity index (χ1v) is 8.81. The lowest BCUT2D eigenvalue weighted by molar-refractivity contribution is -0.132. The molecule has 0 bridgehead atoms. The van der Waals surface area contributed by atoms with E-state index >= 15 is 0 Å². The fourth-order valence-corrected chi connectivity index (χ4v) is 3.40. The van der Waals surface area contributed by atoms with Gasteiger partial charge >= 0.3 is 0 Å². The van der Waals surface area contributed by atoms with Crippen LogP contribution < -0.4 is 5.32 Å². The number of carbonyl (C=O) groups is 1. The highest BCUT2D eigenvalue weighted by molar-refractivity contribution is 6.29. The zero-order valence-corrected chi connectivity index (χ0v) is 15.4. The summed E-state index contributed by atoms with van der Waals surface area (Å²) in [5, 5.41) is 3.65. The number of amides is 1. The van der Waals surface area contributed by atoms with Crippen LogP contribution in [0.2, 0.25) is 5.15 Å². The van der Waals surface area contributed by atoms with Gasteiger partial charge in [-0.3, -0.25) is 9.78 Å². The molecule has 2 aromatic rings. The number of carbonyl (C=O) groups excluding carboxylic acids is 1. The van der Waals surface area contributed by atoms with E-state index in [-0.39, 0.29) is 17.9 Å². The first-order chi connectivity index (χ1) is 11.9. The van der Waals surface area contributed by atoms with Crippen molar-refractivity contribution in [3.8, 4) is 0 Å². The molecule has 25 heavy (non-hydrogen) atoms. The zero-order chi connectivity index (χ0) is 18.0. The van der Waals surface area contributed by atoms with Crippen LogP contribution in [0.5, 0.6) is 0 Å². The number of piperidine rings is 1. The number of nitrogens with zero attached hydrogens (tertiary/aromatic N) is 4. The Balaban J connectivity index is 1.83. The van der Waals surface area contributed by atoms with E-state index in [9.17, 15) is 4.79 Å². The smallest absolute Gasteiger partial charge is 0.219 e. The van der Waals surface area contributed by atoms with Crippen molar-refractivity contribution in [2.24, 2.45) is 0 Å². The van der Waals surface area contributed by atoms with Gasteiger partial charge in [0.05, 0.1) is 0 Å². The summed E-state index contributed by atoms with van der Waals surface area (Å²) >= 11 is 6.21. The number of hydrogen-bond donors (Lipinski definition) is 1. The predicted molar refractivity (Wildman–Crippen MR) is 98.1 cm³/mol. The number of halogens is 1. The van der Waals surface area contributed by atoms with Gasteiger partial charge in [-0.25, -0.2) is 9.97 Å². The Hall–Kier alpha value is -2.21. The fourth-order valence-electron chi connectivity index (χ4n) is 3.21. The van der Waals surface area contributed by atoms with Crippen molar-refractivity contribution >= 4 is 29.0 Å². The second-order valence-corrected chi connectivity index (χ2v) is 6.93. The second-order valence-electron chi connectivity index (χ2n) is 6.54. The summed E-state index contributed by atoms with van der Waals surface area (Å²) in [5.41, 5.74) is 1.82. The zero-order valence-electron chi connectivity index (χ0n) is 14.7. The van der Waals surface area contributed by atoms with Crippen molar-refractivity contribution in [2.75, 3.05) is 11.9 Å². The number of hydrogen-bond acceptors (Lipinski definition) is 5. The SMILES string of the molecule is CC(=O)N1CC(c2nc(Cl)cc(Nc3ccnc(C)c3)n2)CCC1C. The van der Waals surface area contributed by atoms with Crippen molar-refractivity contribution in [3.63, 3.8) is 0 Å². The Kier molecular flexibility index (Phi) is 5.18. The molecule has 2 atom stereocenters. The largest absolute Gasteiger partial charge is 0.340 e. The lowest BCUT2D eigenvalue weighted by Crippen LogP contribution is -2.44. The Labute approximate surface area is 152 Å². The molecule has 1 fully saturated rings. The van der Waals surface area contributed by atoms with E-state index in [0.717, 1.165) is 24.2 Å². The van der Waals surface area contributed by atoms with E-state index in [4.69, 9.17) is 11.6 Å². The van der Waals surface area contributed by atoms with E-state index in [1.165, 1.54) is 0 Å². The summed E-state index contributed by atoms with van der Waals surface area (Å²) in [6.07, 6.45) is 3.63. The molecule has 1 aliphatic heterocycles. The molecule has 2 aromatic heterocycles. The van der Waals surface area contributed by atoms with Crippen molar-refractivity contribution in [3.05, 3.63) is 41.1 Å². The second kappa shape index (κ2) is 7.35. The molecule has 1 aliphatic rings. The van der Waals surface area contributed by atoms with Gasteiger partial charge in [0.25, 0.3) is 0 Å². The summed E-state index contributed by atoms with van der Waals surface area (Å²) in [5.74, 6) is 1.51. The van der Waals surface area contributed by atoms with Crippen LogP contribution in [-0.2, 0) is 4.79 Å². The third kappa shape index (κ3) is 4.25. The van der Waals surface area contributed by atoms with Crippen molar-refractivity contribution < 1.29 is 4.79 Å². The maximum absolute atomic E-state index is 11.8. The van der Waals surface area contributed by atoms with Crippen LogP contribution in [0.15, 0.2) is 24.4 Å². The average molecular weight is 360 g/mol. The Morgan fingerprint density at radius 1 is 1.32 bits per heavy atom. The fraction of sp³-hybridized carbons (Fsp3) is 0.444. The number of likely N-dealkylation sites (tertiary alicyclic amines) is 1. The Bertz CT molecular complexity index is 782. The molecule has 7 heteroatoms. The Morgan fingerprint density at radius 3 is 2.84 bits per heavy atom. The molecule has 6 nitrogen and oxygen atoms in total. The van der Waals surface area contributed by atoms with E-state index < -0.39 is 0 Å². The monoisotopic (exact) mass is 359 g/mol. The molecule has 0 radical (unpaired) electrons. The molecule has 0 spiro atoms. The van der Waals surface area contributed by atoms with Crippen LogP contribution in [0.1, 0.15) is 44.1 Å². The summed E-state index contributed by atoms with van der Waals surface area (Å²) < 4.78 is 0. The van der Waals surface area contributed by atoms with Crippen LogP contribution in [0.3, 0.4) is 0 Å². The van der Waals surface area contributed by atoms with E-state index in [1.807, 2.05) is 24.0 Å². The molecule has 3 rings (SSSR count). The van der Waals surface area contributed by atoms with Gasteiger partial charge in [0, 0.05) is 49.1 Å². The number of pyridine rings is 1. The lowest BCUT2D eigenvalue weighted by atomic mass is 9.92. The van der Waals surface area contributed by atoms with Gasteiger partial charge in [-0.15, -0.1) is 0 Å². The number of anilines is 2. The minimum absolute atomic E-state index is 0.0878. The van der Waals surface area contributed by atoms with Crippen LogP contribution in [0, 0.1) is 6.92 Å². The summed E-state index contributed by atoms with van der Waals surface area (Å²) in [6.45, 7) is 6.25. The molecule has 0 saturated carbocycles. The molecular formula is C18H22ClN5O. The molecule has 0 aromatic carbocycles. The number of nitrogens with one attached hydrogen (secondary N) is 1. The van der Waals surface area contributed by atoms with E-state index in [0.29, 0.717) is 23.3 Å². The molecule has 3 heterocycles. The highest BCUT2D eigenvalue weighted by Gasteiger charge is 2.29. The molecule has 1 saturated heterocycles. The molecule has 1 N–H and O–H groups in total. The van der Waals surface area contributed by atoms with Gasteiger partial charge in [-0.1, -0.05) is 11.6 Å². The van der Waals surface area contributed by atoms with Crippen LogP contribution in [0.4, 0.5) is 11.5 Å². The van der Waals surface area contributed by atoms with E-state index in [1.54, 1.807) is 19.2 Å². The number of rotatable bonds is 3. The molecule has 2 unspecified atom stereocenters. The molecule has 132 valence electrons. The van der Waals surface area contributed by atoms with Gasteiger partial charge in [-0.05, 0) is 38.8 Å². The topological polar surface area (TPSA) is 71.0 Å². The van der Waals surface area contributed by atoms with Gasteiger partial charge in [0.2, 0.25) is 5.91 Å². The molecule has 1 amide bonds. The third-order valence-corrected chi connectivity index (χ3v) is 4.73. The van der Waals surface area contributed by atoms with E-state index in [2.05, 4.69) is 27.2 Å². The maximum atomic E-state index is 11.8. The summed E-state index contributed by atoms with van der Waals surface area (Å²) in [4.78, 5) is 26.9. The third-order valence-electron chi connectivity index (χ3n) is 4.53. The number of aryl methyl sites for hydroxylation is 1. The molecule has 0 aliphatic carbocycles. The normalized spacial score (nSPS) is 20.4. The van der Waals surface area contributed by atoms with Gasteiger partial charge in [0.1, 0.15) is 16.8 Å². The first kappa shape index (κ1) is 17.6. The highest BCUT2D eigenvalue weighted by Crippen LogP contribution is 2.30. The minimum Gasteiger partial charge on any atom is -0.340 e. The first-order valence-electron chi connectivity index (χ1n) is 8.43. The van der Waals surface area contributed by atoms with Crippen molar-refractivity contribution in [1.29, 1.82) is 0 Å². The lowest BCUT2D eigenvalue weighted by Gasteiger charge is -2.36. The maximum Gasteiger partial charge on any atom is 0.219 e. The highest BCUT2D eigenvalue weighted by atomic mass is 35.5.